The number of amides is 3. The van der Waals surface area contributed by atoms with Crippen LogP contribution < -0.4 is 15.4 Å². The molecule has 1 spiro atoms. The van der Waals surface area contributed by atoms with E-state index in [2.05, 4.69) is 26.6 Å². The number of likely N-dealkylation sites (tertiary alicyclic amines) is 1. The summed E-state index contributed by atoms with van der Waals surface area (Å²) in [5.41, 5.74) is 3.27. The minimum absolute atomic E-state index is 0.0451. The lowest BCUT2D eigenvalue weighted by Gasteiger charge is -2.38. The van der Waals surface area contributed by atoms with E-state index in [1.54, 1.807) is 40.9 Å². The highest BCUT2D eigenvalue weighted by molar-refractivity contribution is 9.09. The summed E-state index contributed by atoms with van der Waals surface area (Å²) < 4.78 is 4.72. The van der Waals surface area contributed by atoms with E-state index >= 15 is 0 Å². The van der Waals surface area contributed by atoms with E-state index < -0.39 is 28.7 Å². The van der Waals surface area contributed by atoms with Gasteiger partial charge in [0, 0.05) is 21.5 Å². The van der Waals surface area contributed by atoms with Crippen LogP contribution in [0.15, 0.2) is 42.5 Å². The van der Waals surface area contributed by atoms with Crippen molar-refractivity contribution in [2.45, 2.75) is 74.4 Å². The lowest BCUT2D eigenvalue weighted by molar-refractivity contribution is -0.141. The number of alkyl halides is 1. The molecule has 2 aromatic carbocycles. The maximum Gasteiger partial charge on any atom is 0.248 e. The Morgan fingerprint density at radius 1 is 1.14 bits per heavy atom. The Balaban J connectivity index is 1.51. The fraction of sp³-hybridized carbons (Fsp3) is 0.531. The number of hydrogen-bond donors (Lipinski definition) is 3. The van der Waals surface area contributed by atoms with Gasteiger partial charge in [-0.3, -0.25) is 14.4 Å². The number of nitrogens with one attached hydrogen (secondary N) is 2. The lowest BCUT2D eigenvalue weighted by atomic mass is 9.70. The van der Waals surface area contributed by atoms with Gasteiger partial charge >= 0.3 is 0 Å². The lowest BCUT2D eigenvalue weighted by Crippen LogP contribution is -2.55. The van der Waals surface area contributed by atoms with Gasteiger partial charge in [-0.1, -0.05) is 41.9 Å². The second-order valence-corrected chi connectivity index (χ2v) is 14.8. The van der Waals surface area contributed by atoms with Gasteiger partial charge in [-0.25, -0.2) is 0 Å². The molecule has 226 valence electrons. The number of halogens is 1. The van der Waals surface area contributed by atoms with Gasteiger partial charge in [0.05, 0.1) is 35.8 Å². The third kappa shape index (κ3) is 5.46. The molecule has 3 unspecified atom stereocenters. The first-order chi connectivity index (χ1) is 20.0. The Morgan fingerprint density at radius 2 is 1.86 bits per heavy atom. The van der Waals surface area contributed by atoms with Crippen molar-refractivity contribution in [2.75, 3.05) is 23.8 Å². The maximum atomic E-state index is 14.4. The van der Waals surface area contributed by atoms with Crippen LogP contribution in [0.1, 0.15) is 44.7 Å². The molecule has 0 aliphatic carbocycles. The second kappa shape index (κ2) is 12.2. The predicted molar refractivity (Wildman–Crippen MR) is 170 cm³/mol. The molecule has 3 saturated heterocycles. The molecule has 0 radical (unpaired) electrons. The summed E-state index contributed by atoms with van der Waals surface area (Å²) in [6.45, 7) is 10.2. The van der Waals surface area contributed by atoms with Crippen LogP contribution in [0.5, 0.6) is 5.75 Å². The van der Waals surface area contributed by atoms with Crippen molar-refractivity contribution in [2.24, 2.45) is 17.8 Å². The molecule has 7 atom stereocenters. The first-order valence-electron chi connectivity index (χ1n) is 14.7. The van der Waals surface area contributed by atoms with Crippen LogP contribution in [0, 0.1) is 31.6 Å². The topological polar surface area (TPSA) is 108 Å². The molecular formula is C32H40BrN3O5S. The van der Waals surface area contributed by atoms with E-state index in [-0.39, 0.29) is 40.3 Å². The molecule has 3 fully saturated rings. The van der Waals surface area contributed by atoms with E-state index in [1.165, 1.54) is 0 Å². The number of rotatable bonds is 10. The van der Waals surface area contributed by atoms with Crippen LogP contribution in [0.2, 0.25) is 0 Å². The van der Waals surface area contributed by atoms with Crippen molar-refractivity contribution < 1.29 is 24.2 Å². The van der Waals surface area contributed by atoms with Crippen molar-refractivity contribution in [3.8, 4) is 5.75 Å². The quantitative estimate of drug-likeness (QED) is 0.305. The number of aryl methyl sites for hydroxylation is 2. The van der Waals surface area contributed by atoms with Crippen molar-refractivity contribution in [3.05, 3.63) is 53.6 Å². The number of hydrogen-bond acceptors (Lipinski definition) is 6. The van der Waals surface area contributed by atoms with Gasteiger partial charge in [0.1, 0.15) is 11.8 Å². The molecule has 8 nitrogen and oxygen atoms in total. The van der Waals surface area contributed by atoms with E-state index in [0.29, 0.717) is 36.6 Å². The third-order valence-electron chi connectivity index (χ3n) is 8.71. The van der Waals surface area contributed by atoms with Gasteiger partial charge in [0.25, 0.3) is 0 Å². The number of anilines is 2. The number of aliphatic hydroxyl groups excluding tert-OH is 1. The van der Waals surface area contributed by atoms with Crippen molar-refractivity contribution in [1.82, 2.24) is 4.90 Å². The van der Waals surface area contributed by atoms with Gasteiger partial charge in [-0.15, -0.1) is 11.8 Å². The average Bonchev–Trinajstić information content (AvgIpc) is 3.53. The third-order valence-corrected chi connectivity index (χ3v) is 11.9. The number of carbonyl (C=O) groups excluding carboxylic acids is 3. The Kier molecular flexibility index (Phi) is 8.98. The fourth-order valence-electron chi connectivity index (χ4n) is 6.98. The molecule has 5 rings (SSSR count). The maximum absolute atomic E-state index is 14.4. The highest BCUT2D eigenvalue weighted by atomic mass is 79.9. The van der Waals surface area contributed by atoms with Crippen molar-refractivity contribution in [3.63, 3.8) is 0 Å². The summed E-state index contributed by atoms with van der Waals surface area (Å²) in [7, 11) is 0. The minimum Gasteiger partial charge on any atom is -0.494 e. The molecule has 3 heterocycles. The molecular weight excluding hydrogens is 618 g/mol. The van der Waals surface area contributed by atoms with E-state index in [4.69, 9.17) is 4.74 Å². The molecule has 3 amide bonds. The average molecular weight is 659 g/mol. The summed E-state index contributed by atoms with van der Waals surface area (Å²) in [6, 6.07) is 11.7. The van der Waals surface area contributed by atoms with Gasteiger partial charge < -0.3 is 25.4 Å². The molecule has 0 aromatic heterocycles. The van der Waals surface area contributed by atoms with E-state index in [1.807, 2.05) is 52.8 Å². The van der Waals surface area contributed by atoms with Crippen LogP contribution in [0.25, 0.3) is 0 Å². The predicted octanol–water partition coefficient (Wildman–Crippen LogP) is 5.15. The smallest absolute Gasteiger partial charge is 0.248 e. The first kappa shape index (κ1) is 30.9. The number of ether oxygens (including phenoxy) is 1. The zero-order valence-corrected chi connectivity index (χ0v) is 27.1. The number of aliphatic hydroxyl groups is 1. The summed E-state index contributed by atoms with van der Waals surface area (Å²) in [5, 5.41) is 16.5. The largest absolute Gasteiger partial charge is 0.494 e. The zero-order valence-electron chi connectivity index (χ0n) is 24.7. The molecule has 0 saturated carbocycles. The summed E-state index contributed by atoms with van der Waals surface area (Å²) in [6.07, 6.45) is 1.12. The summed E-state index contributed by atoms with van der Waals surface area (Å²) in [4.78, 5) is 44.2. The Morgan fingerprint density at radius 3 is 2.50 bits per heavy atom. The van der Waals surface area contributed by atoms with Gasteiger partial charge in [-0.05, 0) is 81.0 Å². The van der Waals surface area contributed by atoms with E-state index in [0.717, 1.165) is 11.1 Å². The molecule has 2 bridgehead atoms. The highest BCUT2D eigenvalue weighted by Gasteiger charge is 2.76. The van der Waals surface area contributed by atoms with Crippen molar-refractivity contribution in [1.29, 1.82) is 0 Å². The normalized spacial score (nSPS) is 28.6. The Labute approximate surface area is 260 Å². The molecule has 3 aliphatic rings. The van der Waals surface area contributed by atoms with Crippen LogP contribution in [-0.4, -0.2) is 67.8 Å². The fourth-order valence-corrected chi connectivity index (χ4v) is 10.6. The first-order valence-corrected chi connectivity index (χ1v) is 16.5. The number of benzene rings is 2. The monoisotopic (exact) mass is 657 g/mol. The van der Waals surface area contributed by atoms with Crippen LogP contribution in [0.3, 0.4) is 0 Å². The minimum atomic E-state index is -0.830. The van der Waals surface area contributed by atoms with Gasteiger partial charge in [0.2, 0.25) is 17.7 Å². The number of thioether (sulfide) groups is 1. The molecule has 2 aromatic rings. The molecule has 10 heteroatoms. The standard InChI is InChI=1S/C32H40BrN3O5S/c1-6-41-22-11-9-20(10-12-22)34-29(38)25-26-31(40)36(21(16-37)13-17(2)3)28(32(26)15-23(33)27(25)42-32)30(39)35-24-14-18(4)7-8-19(24)5/h7-12,14,17,21,23,25-28,37H,6,13,15-16H2,1-5H3,(H,34,38)(H,35,39)/t21-,23?,25+,26+,27+,28?,32?/m1/s1. The van der Waals surface area contributed by atoms with Gasteiger partial charge in [-0.2, -0.15) is 0 Å². The van der Waals surface area contributed by atoms with Crippen LogP contribution in [-0.2, 0) is 14.4 Å². The molecule has 3 N–H and O–H groups in total. The summed E-state index contributed by atoms with van der Waals surface area (Å²) >= 11 is 5.41. The zero-order chi connectivity index (χ0) is 30.3. The number of nitrogens with zero attached hydrogens (tertiary/aromatic N) is 1. The van der Waals surface area contributed by atoms with E-state index in [9.17, 15) is 19.5 Å². The number of carbonyl (C=O) groups is 3. The van der Waals surface area contributed by atoms with Gasteiger partial charge in [0.15, 0.2) is 0 Å². The summed E-state index contributed by atoms with van der Waals surface area (Å²) in [5.74, 6) is -1.14. The Hall–Kier alpha value is -2.56. The van der Waals surface area contributed by atoms with Crippen molar-refractivity contribution >= 4 is 56.8 Å². The second-order valence-electron chi connectivity index (χ2n) is 12.1. The highest BCUT2D eigenvalue weighted by Crippen LogP contribution is 2.68. The Bertz CT molecular complexity index is 1350. The van der Waals surface area contributed by atoms with Crippen LogP contribution in [0.4, 0.5) is 11.4 Å². The molecule has 3 aliphatic heterocycles. The molecule has 42 heavy (non-hydrogen) atoms. The number of fused-ring (bicyclic) bond motifs is 1. The SMILES string of the molecule is CCOc1ccc(NC(=O)[C@H]2[C@H]3C(=O)N([C@@H](CO)CC(C)C)C(C(=O)Nc4cc(C)ccc4C)C34CC(Br)[C@@H]2S4)cc1. The van der Waals surface area contributed by atoms with Crippen LogP contribution >= 0.6 is 27.7 Å².